The van der Waals surface area contributed by atoms with Crippen LogP contribution in [0.3, 0.4) is 0 Å². The number of carboxylic acids is 2. The van der Waals surface area contributed by atoms with Crippen LogP contribution in [0, 0.1) is 0 Å². The van der Waals surface area contributed by atoms with Crippen molar-refractivity contribution in [3.05, 3.63) is 23.4 Å². The van der Waals surface area contributed by atoms with E-state index in [9.17, 15) is 9.59 Å². The van der Waals surface area contributed by atoms with Gasteiger partial charge in [-0.15, -0.1) is 0 Å². The van der Waals surface area contributed by atoms with Gasteiger partial charge in [0.2, 0.25) is 0 Å². The standard InChI is InChI=1S/C9H13NO4/c1-5(8(11)12)7(10(3)4)6(2)9(13)14/h1H2,2-4H3,(H,11,12)(H,13,14). The monoisotopic (exact) mass is 199 g/mol. The number of carbonyl (C=O) groups is 2. The van der Waals surface area contributed by atoms with Crippen LogP contribution >= 0.6 is 0 Å². The zero-order chi connectivity index (χ0) is 11.5. The van der Waals surface area contributed by atoms with Crippen LogP contribution in [0.25, 0.3) is 0 Å². The predicted molar refractivity (Wildman–Crippen MR) is 50.8 cm³/mol. The molecule has 0 saturated carbocycles. The second-order valence-electron chi connectivity index (χ2n) is 2.96. The zero-order valence-electron chi connectivity index (χ0n) is 8.37. The highest BCUT2D eigenvalue weighted by molar-refractivity contribution is 5.96. The van der Waals surface area contributed by atoms with Crippen LogP contribution in [0.1, 0.15) is 6.92 Å². The molecule has 0 aliphatic carbocycles. The number of rotatable bonds is 4. The van der Waals surface area contributed by atoms with Gasteiger partial charge in [-0.1, -0.05) is 6.58 Å². The van der Waals surface area contributed by atoms with Crippen LogP contribution in [0.5, 0.6) is 0 Å². The third-order valence-corrected chi connectivity index (χ3v) is 1.67. The maximum Gasteiger partial charge on any atom is 0.337 e. The lowest BCUT2D eigenvalue weighted by Crippen LogP contribution is -2.21. The molecule has 5 nitrogen and oxygen atoms in total. The largest absolute Gasteiger partial charge is 0.478 e. The molecule has 5 heteroatoms. The van der Waals surface area contributed by atoms with Crippen LogP contribution in [0.4, 0.5) is 0 Å². The Labute approximate surface area is 82.0 Å². The summed E-state index contributed by atoms with van der Waals surface area (Å²) in [6.07, 6.45) is 0. The molecule has 14 heavy (non-hydrogen) atoms. The SMILES string of the molecule is C=C(C(=O)O)C(=C(C)C(=O)O)N(C)C. The van der Waals surface area contributed by atoms with Crippen LogP contribution in [0.15, 0.2) is 23.4 Å². The first-order valence-electron chi connectivity index (χ1n) is 3.83. The number of hydrogen-bond acceptors (Lipinski definition) is 3. The molecule has 0 radical (unpaired) electrons. The first kappa shape index (κ1) is 12.2. The van der Waals surface area contributed by atoms with E-state index in [0.29, 0.717) is 0 Å². The van der Waals surface area contributed by atoms with Crippen molar-refractivity contribution in [2.75, 3.05) is 14.1 Å². The van der Waals surface area contributed by atoms with Crippen molar-refractivity contribution in [1.29, 1.82) is 0 Å². The summed E-state index contributed by atoms with van der Waals surface area (Å²) in [5, 5.41) is 17.4. The minimum atomic E-state index is -1.23. The van der Waals surface area contributed by atoms with Gasteiger partial charge in [-0.2, -0.15) is 0 Å². The van der Waals surface area contributed by atoms with E-state index in [1.165, 1.54) is 11.8 Å². The molecule has 0 aliphatic heterocycles. The minimum Gasteiger partial charge on any atom is -0.478 e. The van der Waals surface area contributed by atoms with E-state index < -0.39 is 11.9 Å². The number of nitrogens with zero attached hydrogens (tertiary/aromatic N) is 1. The van der Waals surface area contributed by atoms with E-state index in [1.54, 1.807) is 14.1 Å². The van der Waals surface area contributed by atoms with E-state index in [-0.39, 0.29) is 16.8 Å². The molecular weight excluding hydrogens is 186 g/mol. The molecule has 0 heterocycles. The summed E-state index contributed by atoms with van der Waals surface area (Å²) in [6.45, 7) is 4.66. The molecule has 0 aliphatic rings. The fourth-order valence-corrected chi connectivity index (χ4v) is 1.03. The Morgan fingerprint density at radius 1 is 1.14 bits per heavy atom. The van der Waals surface area contributed by atoms with Gasteiger partial charge in [0, 0.05) is 14.1 Å². The predicted octanol–water partition coefficient (Wildman–Crippen LogP) is 0.547. The molecule has 78 valence electrons. The van der Waals surface area contributed by atoms with Crippen molar-refractivity contribution in [3.8, 4) is 0 Å². The molecule has 0 aromatic carbocycles. The Morgan fingerprint density at radius 3 is 1.79 bits per heavy atom. The second kappa shape index (κ2) is 4.45. The molecule has 0 fully saturated rings. The maximum atomic E-state index is 10.7. The maximum absolute atomic E-state index is 10.7. The number of hydrogen-bond donors (Lipinski definition) is 2. The minimum absolute atomic E-state index is 0.0394. The Morgan fingerprint density at radius 2 is 1.57 bits per heavy atom. The van der Waals surface area contributed by atoms with Gasteiger partial charge < -0.3 is 15.1 Å². The van der Waals surface area contributed by atoms with Crippen molar-refractivity contribution in [1.82, 2.24) is 4.90 Å². The third kappa shape index (κ3) is 2.62. The van der Waals surface area contributed by atoms with Gasteiger partial charge in [-0.25, -0.2) is 9.59 Å². The molecule has 2 N–H and O–H groups in total. The molecule has 0 rings (SSSR count). The molecule has 0 saturated heterocycles. The quantitative estimate of drug-likeness (QED) is 0.510. The highest BCUT2D eigenvalue weighted by Crippen LogP contribution is 2.16. The van der Waals surface area contributed by atoms with Gasteiger partial charge in [0.25, 0.3) is 0 Å². The summed E-state index contributed by atoms with van der Waals surface area (Å²) < 4.78 is 0. The average Bonchev–Trinajstić information content (AvgIpc) is 2.03. The van der Waals surface area contributed by atoms with Crippen LogP contribution in [-0.4, -0.2) is 41.1 Å². The van der Waals surface area contributed by atoms with Crippen LogP contribution in [0.2, 0.25) is 0 Å². The van der Waals surface area contributed by atoms with E-state index in [2.05, 4.69) is 6.58 Å². The van der Waals surface area contributed by atoms with Gasteiger partial charge in [0.1, 0.15) is 0 Å². The highest BCUT2D eigenvalue weighted by Gasteiger charge is 2.18. The van der Waals surface area contributed by atoms with Crippen LogP contribution < -0.4 is 0 Å². The van der Waals surface area contributed by atoms with E-state index in [1.807, 2.05) is 0 Å². The summed E-state index contributed by atoms with van der Waals surface area (Å²) in [5.41, 5.74) is -0.151. The molecule has 0 atom stereocenters. The normalized spacial score (nSPS) is 11.6. The highest BCUT2D eigenvalue weighted by atomic mass is 16.4. The smallest absolute Gasteiger partial charge is 0.337 e. The molecule has 0 aromatic heterocycles. The third-order valence-electron chi connectivity index (χ3n) is 1.67. The van der Waals surface area contributed by atoms with E-state index in [0.717, 1.165) is 0 Å². The summed E-state index contributed by atoms with van der Waals surface area (Å²) >= 11 is 0. The molecule has 0 amide bonds. The molecule has 0 bridgehead atoms. The number of likely N-dealkylation sites (N-methyl/N-ethyl adjacent to an activating group) is 1. The first-order valence-corrected chi connectivity index (χ1v) is 3.83. The Balaban J connectivity index is 5.36. The van der Waals surface area contributed by atoms with Gasteiger partial charge in [0.05, 0.1) is 16.8 Å². The molecule has 0 aromatic rings. The summed E-state index contributed by atoms with van der Waals surface area (Å²) in [5.74, 6) is -2.38. The van der Waals surface area contributed by atoms with Crippen molar-refractivity contribution < 1.29 is 19.8 Å². The first-order chi connectivity index (χ1) is 6.29. The lowest BCUT2D eigenvalue weighted by Gasteiger charge is -2.18. The van der Waals surface area contributed by atoms with Gasteiger partial charge in [-0.3, -0.25) is 0 Å². The van der Waals surface area contributed by atoms with E-state index >= 15 is 0 Å². The fourth-order valence-electron chi connectivity index (χ4n) is 1.03. The lowest BCUT2D eigenvalue weighted by molar-refractivity contribution is -0.132. The van der Waals surface area contributed by atoms with Crippen molar-refractivity contribution >= 4 is 11.9 Å². The second-order valence-corrected chi connectivity index (χ2v) is 2.96. The Bertz CT molecular complexity index is 315. The number of aliphatic carboxylic acids is 2. The fraction of sp³-hybridized carbons (Fsp3) is 0.333. The Kier molecular flexibility index (Phi) is 3.89. The summed E-state index contributed by atoms with van der Waals surface area (Å²) in [4.78, 5) is 22.7. The van der Waals surface area contributed by atoms with Crippen molar-refractivity contribution in [2.45, 2.75) is 6.92 Å². The molecule has 0 unspecified atom stereocenters. The molecule has 0 spiro atoms. The van der Waals surface area contributed by atoms with E-state index in [4.69, 9.17) is 10.2 Å². The average molecular weight is 199 g/mol. The lowest BCUT2D eigenvalue weighted by atomic mass is 10.1. The van der Waals surface area contributed by atoms with Gasteiger partial charge in [0.15, 0.2) is 0 Å². The van der Waals surface area contributed by atoms with Gasteiger partial charge >= 0.3 is 11.9 Å². The van der Waals surface area contributed by atoms with Crippen LogP contribution in [-0.2, 0) is 9.59 Å². The zero-order valence-corrected chi connectivity index (χ0v) is 8.37. The van der Waals surface area contributed by atoms with Gasteiger partial charge in [-0.05, 0) is 6.92 Å². The molecular formula is C9H13NO4. The topological polar surface area (TPSA) is 77.8 Å². The summed E-state index contributed by atoms with van der Waals surface area (Å²) in [6, 6.07) is 0. The summed E-state index contributed by atoms with van der Waals surface area (Å²) in [7, 11) is 3.13. The van der Waals surface area contributed by atoms with Crippen molar-refractivity contribution in [2.24, 2.45) is 0 Å². The Hall–Kier alpha value is -1.78. The van der Waals surface area contributed by atoms with Crippen molar-refractivity contribution in [3.63, 3.8) is 0 Å². The number of carboxylic acid groups (broad SMARTS) is 2.